The molecule has 1 aliphatic carbocycles. The van der Waals surface area contributed by atoms with Crippen LogP contribution >= 0.6 is 0 Å². The average molecular weight is 348 g/mol. The Labute approximate surface area is 152 Å². The van der Waals surface area contributed by atoms with Gasteiger partial charge in [0.15, 0.2) is 0 Å². The maximum absolute atomic E-state index is 11.0. The van der Waals surface area contributed by atoms with Crippen molar-refractivity contribution in [2.45, 2.75) is 25.2 Å². The van der Waals surface area contributed by atoms with Gasteiger partial charge in [-0.2, -0.15) is 0 Å². The predicted octanol–water partition coefficient (Wildman–Crippen LogP) is 5.15. The molecule has 0 heterocycles. The molecule has 4 nitrogen and oxygen atoms in total. The summed E-state index contributed by atoms with van der Waals surface area (Å²) in [5.74, 6) is 1.74. The van der Waals surface area contributed by atoms with E-state index in [-0.39, 0.29) is 12.3 Å². The van der Waals surface area contributed by atoms with Gasteiger partial charge >= 0.3 is 5.97 Å². The lowest BCUT2D eigenvalue weighted by Crippen LogP contribution is -2.02. The Bertz CT molecular complexity index is 977. The maximum Gasteiger partial charge on any atom is 0.303 e. The third-order valence-electron chi connectivity index (χ3n) is 5.03. The fourth-order valence-corrected chi connectivity index (χ4v) is 3.81. The molecule has 1 N–H and O–H groups in total. The van der Waals surface area contributed by atoms with Gasteiger partial charge < -0.3 is 14.6 Å². The number of rotatable bonds is 5. The third-order valence-corrected chi connectivity index (χ3v) is 5.03. The number of fused-ring (bicyclic) bond motifs is 2. The van der Waals surface area contributed by atoms with E-state index in [1.165, 1.54) is 5.56 Å². The van der Waals surface area contributed by atoms with E-state index in [0.29, 0.717) is 0 Å². The highest BCUT2D eigenvalue weighted by atomic mass is 16.5. The molecule has 4 rings (SSSR count). The summed E-state index contributed by atoms with van der Waals surface area (Å²) >= 11 is 0. The fourth-order valence-electron chi connectivity index (χ4n) is 3.81. The zero-order valence-electron chi connectivity index (χ0n) is 14.6. The highest BCUT2D eigenvalue weighted by Crippen LogP contribution is 2.39. The van der Waals surface area contributed by atoms with Crippen LogP contribution in [0.3, 0.4) is 0 Å². The summed E-state index contributed by atoms with van der Waals surface area (Å²) in [6, 6.07) is 17.8. The van der Waals surface area contributed by atoms with Crippen molar-refractivity contribution in [3.63, 3.8) is 0 Å². The zero-order valence-corrected chi connectivity index (χ0v) is 14.6. The number of methoxy groups -OCH3 is 1. The highest BCUT2D eigenvalue weighted by molar-refractivity contribution is 5.93. The standard InChI is InChI=1S/C22H20O4/c1-25-20-6-2-5-19-18(20)4-3-7-21(19)26-16-10-11-17-14(12-16)8-9-15(17)13-22(23)24/h2-7,10-12,15H,8-9,13H2,1H3,(H,23,24)/t15-/m0/s1. The number of aliphatic carboxylic acids is 1. The Morgan fingerprint density at radius 3 is 2.54 bits per heavy atom. The largest absolute Gasteiger partial charge is 0.496 e. The number of carboxylic acid groups (broad SMARTS) is 1. The van der Waals surface area contributed by atoms with Gasteiger partial charge in [0.05, 0.1) is 13.5 Å². The van der Waals surface area contributed by atoms with Crippen molar-refractivity contribution in [3.05, 3.63) is 65.7 Å². The molecule has 3 aromatic rings. The number of carbonyl (C=O) groups is 1. The topological polar surface area (TPSA) is 55.8 Å². The molecule has 26 heavy (non-hydrogen) atoms. The van der Waals surface area contributed by atoms with Crippen LogP contribution in [-0.4, -0.2) is 18.2 Å². The molecule has 0 fully saturated rings. The summed E-state index contributed by atoms with van der Waals surface area (Å²) in [6.45, 7) is 0. The Morgan fingerprint density at radius 1 is 1.08 bits per heavy atom. The summed E-state index contributed by atoms with van der Waals surface area (Å²) in [4.78, 5) is 11.0. The summed E-state index contributed by atoms with van der Waals surface area (Å²) in [7, 11) is 1.66. The van der Waals surface area contributed by atoms with Gasteiger partial charge in [0.2, 0.25) is 0 Å². The van der Waals surface area contributed by atoms with E-state index >= 15 is 0 Å². The summed E-state index contributed by atoms with van der Waals surface area (Å²) in [5, 5.41) is 11.1. The molecule has 0 unspecified atom stereocenters. The molecule has 1 atom stereocenters. The zero-order chi connectivity index (χ0) is 18.1. The minimum atomic E-state index is -0.743. The molecule has 0 spiro atoms. The molecular weight excluding hydrogens is 328 g/mol. The number of benzene rings is 3. The molecule has 4 heteroatoms. The van der Waals surface area contributed by atoms with Crippen LogP contribution in [0.2, 0.25) is 0 Å². The summed E-state index contributed by atoms with van der Waals surface area (Å²) < 4.78 is 11.6. The lowest BCUT2D eigenvalue weighted by molar-refractivity contribution is -0.137. The van der Waals surface area contributed by atoms with Crippen molar-refractivity contribution in [2.75, 3.05) is 7.11 Å². The average Bonchev–Trinajstić information content (AvgIpc) is 3.03. The molecule has 132 valence electrons. The van der Waals surface area contributed by atoms with Gasteiger partial charge in [0.25, 0.3) is 0 Å². The monoisotopic (exact) mass is 348 g/mol. The van der Waals surface area contributed by atoms with E-state index in [4.69, 9.17) is 14.6 Å². The van der Waals surface area contributed by atoms with Crippen molar-refractivity contribution < 1.29 is 19.4 Å². The molecule has 3 aromatic carbocycles. The van der Waals surface area contributed by atoms with E-state index in [1.54, 1.807) is 7.11 Å². The molecule has 0 radical (unpaired) electrons. The first-order valence-corrected chi connectivity index (χ1v) is 8.74. The molecule has 0 aliphatic heterocycles. The lowest BCUT2D eigenvalue weighted by atomic mass is 9.98. The summed E-state index contributed by atoms with van der Waals surface area (Å²) in [5.41, 5.74) is 2.32. The van der Waals surface area contributed by atoms with Crippen LogP contribution < -0.4 is 9.47 Å². The first-order valence-electron chi connectivity index (χ1n) is 8.74. The molecule has 0 amide bonds. The minimum absolute atomic E-state index is 0.110. The molecular formula is C22H20O4. The van der Waals surface area contributed by atoms with Crippen LogP contribution in [0.1, 0.15) is 29.9 Å². The van der Waals surface area contributed by atoms with Crippen molar-refractivity contribution >= 4 is 16.7 Å². The molecule has 1 aliphatic rings. The number of hydrogen-bond donors (Lipinski definition) is 1. The molecule has 0 aromatic heterocycles. The normalized spacial score (nSPS) is 15.7. The number of ether oxygens (including phenoxy) is 2. The highest BCUT2D eigenvalue weighted by Gasteiger charge is 2.25. The van der Waals surface area contributed by atoms with E-state index in [9.17, 15) is 4.79 Å². The second kappa shape index (κ2) is 6.71. The molecule has 0 bridgehead atoms. The van der Waals surface area contributed by atoms with E-state index < -0.39 is 5.97 Å². The first kappa shape index (κ1) is 16.5. The smallest absolute Gasteiger partial charge is 0.303 e. The Kier molecular flexibility index (Phi) is 4.25. The summed E-state index contributed by atoms with van der Waals surface area (Å²) in [6.07, 6.45) is 1.97. The first-order chi connectivity index (χ1) is 12.7. The second-order valence-electron chi connectivity index (χ2n) is 6.61. The minimum Gasteiger partial charge on any atom is -0.496 e. The van der Waals surface area contributed by atoms with Crippen molar-refractivity contribution in [1.29, 1.82) is 0 Å². The van der Waals surface area contributed by atoms with Gasteiger partial charge in [-0.1, -0.05) is 30.3 Å². The number of aryl methyl sites for hydroxylation is 1. The SMILES string of the molecule is COc1cccc2c(Oc3ccc4c(c3)CC[C@H]4CC(=O)O)cccc12. The van der Waals surface area contributed by atoms with Crippen LogP contribution in [0.4, 0.5) is 0 Å². The van der Waals surface area contributed by atoms with Gasteiger partial charge in [-0.25, -0.2) is 0 Å². The third kappa shape index (κ3) is 2.99. The number of carboxylic acids is 1. The number of hydrogen-bond acceptors (Lipinski definition) is 3. The van der Waals surface area contributed by atoms with Gasteiger partial charge in [-0.05, 0) is 54.2 Å². The van der Waals surface area contributed by atoms with Crippen LogP contribution in [0.25, 0.3) is 10.8 Å². The Morgan fingerprint density at radius 2 is 1.81 bits per heavy atom. The van der Waals surface area contributed by atoms with E-state index in [2.05, 4.69) is 0 Å². The van der Waals surface area contributed by atoms with Crippen molar-refractivity contribution in [3.8, 4) is 17.2 Å². The second-order valence-corrected chi connectivity index (χ2v) is 6.61. The van der Waals surface area contributed by atoms with Crippen LogP contribution in [0, 0.1) is 0 Å². The van der Waals surface area contributed by atoms with Gasteiger partial charge in [0, 0.05) is 10.8 Å². The fraction of sp³-hybridized carbons (Fsp3) is 0.227. The maximum atomic E-state index is 11.0. The molecule has 0 saturated heterocycles. The van der Waals surface area contributed by atoms with Crippen LogP contribution in [0.5, 0.6) is 17.2 Å². The Balaban J connectivity index is 1.65. The Hall–Kier alpha value is -3.01. The van der Waals surface area contributed by atoms with Crippen LogP contribution in [0.15, 0.2) is 54.6 Å². The van der Waals surface area contributed by atoms with Crippen molar-refractivity contribution in [2.24, 2.45) is 0 Å². The van der Waals surface area contributed by atoms with Crippen molar-refractivity contribution in [1.82, 2.24) is 0 Å². The lowest BCUT2D eigenvalue weighted by Gasteiger charge is -2.13. The predicted molar refractivity (Wildman–Crippen MR) is 100 cm³/mol. The van der Waals surface area contributed by atoms with E-state index in [1.807, 2.05) is 54.6 Å². The van der Waals surface area contributed by atoms with E-state index in [0.717, 1.165) is 46.4 Å². The van der Waals surface area contributed by atoms with Gasteiger partial charge in [-0.15, -0.1) is 0 Å². The van der Waals surface area contributed by atoms with Crippen LogP contribution in [-0.2, 0) is 11.2 Å². The van der Waals surface area contributed by atoms with Gasteiger partial charge in [0.1, 0.15) is 17.2 Å². The quantitative estimate of drug-likeness (QED) is 0.693. The molecule has 0 saturated carbocycles. The van der Waals surface area contributed by atoms with Gasteiger partial charge in [-0.3, -0.25) is 4.79 Å².